The van der Waals surface area contributed by atoms with Gasteiger partial charge in [0, 0.05) is 11.1 Å². The predicted molar refractivity (Wildman–Crippen MR) is 67.8 cm³/mol. The highest BCUT2D eigenvalue weighted by atomic mass is 32.1. The molecule has 0 fully saturated rings. The summed E-state index contributed by atoms with van der Waals surface area (Å²) in [5.41, 5.74) is 2.09. The molecule has 0 aliphatic heterocycles. The molecule has 0 spiro atoms. The Morgan fingerprint density at radius 1 is 1.50 bits per heavy atom. The SMILES string of the molecule is CC/C(C)=C/NC(=O)Nc1nc(C)c(C)s1. The zero-order valence-electron chi connectivity index (χ0n) is 10.0. The number of carbonyl (C=O) groups is 1. The van der Waals surface area contributed by atoms with Gasteiger partial charge in [-0.1, -0.05) is 12.5 Å². The van der Waals surface area contributed by atoms with E-state index in [1.165, 1.54) is 11.3 Å². The van der Waals surface area contributed by atoms with Crippen LogP contribution in [0.1, 0.15) is 30.8 Å². The standard InChI is InChI=1S/C11H17N3OS/c1-5-7(2)6-12-10(15)14-11-13-8(3)9(4)16-11/h6H,5H2,1-4H3,(H2,12,13,14,15)/b7-6+. The van der Waals surface area contributed by atoms with Crippen molar-refractivity contribution in [3.05, 3.63) is 22.3 Å². The minimum absolute atomic E-state index is 0.249. The van der Waals surface area contributed by atoms with Crippen molar-refractivity contribution in [2.45, 2.75) is 34.1 Å². The second kappa shape index (κ2) is 5.65. The van der Waals surface area contributed by atoms with Gasteiger partial charge >= 0.3 is 6.03 Å². The summed E-state index contributed by atoms with van der Waals surface area (Å²) >= 11 is 1.48. The Bertz CT molecular complexity index is 390. The number of thiazole rings is 1. The molecule has 1 heterocycles. The number of nitrogens with zero attached hydrogens (tertiary/aromatic N) is 1. The largest absolute Gasteiger partial charge is 0.325 e. The van der Waals surface area contributed by atoms with Gasteiger partial charge < -0.3 is 5.32 Å². The third-order valence-electron chi connectivity index (χ3n) is 2.26. The van der Waals surface area contributed by atoms with E-state index in [4.69, 9.17) is 0 Å². The van der Waals surface area contributed by atoms with Crippen LogP contribution in [0.25, 0.3) is 0 Å². The quantitative estimate of drug-likeness (QED) is 0.851. The van der Waals surface area contributed by atoms with Crippen LogP contribution in [0.15, 0.2) is 11.8 Å². The maximum absolute atomic E-state index is 11.5. The van der Waals surface area contributed by atoms with E-state index in [0.29, 0.717) is 5.13 Å². The van der Waals surface area contributed by atoms with Crippen molar-refractivity contribution in [3.63, 3.8) is 0 Å². The molecule has 16 heavy (non-hydrogen) atoms. The molecule has 0 radical (unpaired) electrons. The van der Waals surface area contributed by atoms with Crippen LogP contribution in [-0.4, -0.2) is 11.0 Å². The molecule has 2 N–H and O–H groups in total. The smallest absolute Gasteiger partial charge is 0.314 e. The van der Waals surface area contributed by atoms with Crippen molar-refractivity contribution in [1.82, 2.24) is 10.3 Å². The Morgan fingerprint density at radius 3 is 2.69 bits per heavy atom. The van der Waals surface area contributed by atoms with E-state index in [1.807, 2.05) is 27.7 Å². The summed E-state index contributed by atoms with van der Waals surface area (Å²) in [7, 11) is 0. The van der Waals surface area contributed by atoms with Crippen molar-refractivity contribution in [1.29, 1.82) is 0 Å². The summed E-state index contributed by atoms with van der Waals surface area (Å²) in [4.78, 5) is 16.8. The molecular formula is C11H17N3OS. The normalized spacial score (nSPS) is 11.4. The molecule has 0 aliphatic carbocycles. The molecule has 1 rings (SSSR count). The minimum atomic E-state index is -0.249. The first kappa shape index (κ1) is 12.7. The van der Waals surface area contributed by atoms with E-state index < -0.39 is 0 Å². The summed E-state index contributed by atoms with van der Waals surface area (Å²) in [6.45, 7) is 7.92. The number of aryl methyl sites for hydroxylation is 2. The lowest BCUT2D eigenvalue weighted by atomic mass is 10.3. The van der Waals surface area contributed by atoms with Crippen LogP contribution in [0.5, 0.6) is 0 Å². The minimum Gasteiger partial charge on any atom is -0.314 e. The highest BCUT2D eigenvalue weighted by Gasteiger charge is 2.06. The van der Waals surface area contributed by atoms with E-state index in [2.05, 4.69) is 15.6 Å². The molecule has 5 heteroatoms. The van der Waals surface area contributed by atoms with Gasteiger partial charge in [0.05, 0.1) is 5.69 Å². The molecule has 1 aromatic heterocycles. The van der Waals surface area contributed by atoms with Crippen molar-refractivity contribution in [2.75, 3.05) is 5.32 Å². The van der Waals surface area contributed by atoms with Crippen LogP contribution in [0, 0.1) is 13.8 Å². The third-order valence-corrected chi connectivity index (χ3v) is 3.24. The number of rotatable bonds is 3. The molecule has 0 aliphatic rings. The zero-order valence-corrected chi connectivity index (χ0v) is 10.9. The topological polar surface area (TPSA) is 54.0 Å². The molecule has 0 saturated carbocycles. The van der Waals surface area contributed by atoms with Gasteiger partial charge in [-0.05, 0) is 27.2 Å². The van der Waals surface area contributed by atoms with Gasteiger partial charge in [-0.3, -0.25) is 5.32 Å². The maximum atomic E-state index is 11.5. The summed E-state index contributed by atoms with van der Waals surface area (Å²) in [6.07, 6.45) is 2.64. The Hall–Kier alpha value is -1.36. The van der Waals surface area contributed by atoms with Gasteiger partial charge in [-0.25, -0.2) is 9.78 Å². The van der Waals surface area contributed by atoms with E-state index in [0.717, 1.165) is 22.6 Å². The molecule has 88 valence electrons. The first-order chi connectivity index (χ1) is 7.52. The molecule has 2 amide bonds. The van der Waals surface area contributed by atoms with Gasteiger partial charge in [-0.2, -0.15) is 0 Å². The molecule has 0 saturated heterocycles. The van der Waals surface area contributed by atoms with Crippen molar-refractivity contribution in [2.24, 2.45) is 0 Å². The number of hydrogen-bond donors (Lipinski definition) is 2. The zero-order chi connectivity index (χ0) is 12.1. The number of carbonyl (C=O) groups excluding carboxylic acids is 1. The average molecular weight is 239 g/mol. The highest BCUT2D eigenvalue weighted by Crippen LogP contribution is 2.20. The van der Waals surface area contributed by atoms with Crippen LogP contribution in [0.2, 0.25) is 0 Å². The van der Waals surface area contributed by atoms with E-state index in [1.54, 1.807) is 6.20 Å². The van der Waals surface area contributed by atoms with Gasteiger partial charge in [0.1, 0.15) is 0 Å². The van der Waals surface area contributed by atoms with Crippen molar-refractivity contribution < 1.29 is 4.79 Å². The van der Waals surface area contributed by atoms with Crippen LogP contribution in [0.3, 0.4) is 0 Å². The fraction of sp³-hybridized carbons (Fsp3) is 0.455. The number of hydrogen-bond acceptors (Lipinski definition) is 3. The Labute approximate surface area is 99.8 Å². The number of aromatic nitrogens is 1. The molecule has 4 nitrogen and oxygen atoms in total. The molecular weight excluding hydrogens is 222 g/mol. The highest BCUT2D eigenvalue weighted by molar-refractivity contribution is 7.15. The average Bonchev–Trinajstić information content (AvgIpc) is 2.54. The van der Waals surface area contributed by atoms with Crippen LogP contribution < -0.4 is 10.6 Å². The Morgan fingerprint density at radius 2 is 2.19 bits per heavy atom. The predicted octanol–water partition coefficient (Wildman–Crippen LogP) is 3.20. The van der Waals surface area contributed by atoms with Crippen LogP contribution in [-0.2, 0) is 0 Å². The molecule has 0 unspecified atom stereocenters. The fourth-order valence-electron chi connectivity index (χ4n) is 0.950. The number of anilines is 1. The van der Waals surface area contributed by atoms with Crippen molar-refractivity contribution in [3.8, 4) is 0 Å². The van der Waals surface area contributed by atoms with E-state index in [9.17, 15) is 4.79 Å². The second-order valence-corrected chi connectivity index (χ2v) is 4.81. The molecule has 0 aromatic carbocycles. The lowest BCUT2D eigenvalue weighted by molar-refractivity contribution is 0.255. The van der Waals surface area contributed by atoms with Gasteiger partial charge in [-0.15, -0.1) is 11.3 Å². The summed E-state index contributed by atoms with van der Waals surface area (Å²) in [5, 5.41) is 6.00. The fourth-order valence-corrected chi connectivity index (χ4v) is 1.76. The van der Waals surface area contributed by atoms with Crippen LogP contribution >= 0.6 is 11.3 Å². The Kier molecular flexibility index (Phi) is 4.49. The van der Waals surface area contributed by atoms with Gasteiger partial charge in [0.2, 0.25) is 0 Å². The Balaban J connectivity index is 2.52. The molecule has 1 aromatic rings. The summed E-state index contributed by atoms with van der Waals surface area (Å²) < 4.78 is 0. The van der Waals surface area contributed by atoms with Gasteiger partial charge in [0.25, 0.3) is 0 Å². The lowest BCUT2D eigenvalue weighted by Crippen LogP contribution is -2.24. The molecule has 0 bridgehead atoms. The van der Waals surface area contributed by atoms with E-state index >= 15 is 0 Å². The summed E-state index contributed by atoms with van der Waals surface area (Å²) in [5.74, 6) is 0. The lowest BCUT2D eigenvalue weighted by Gasteiger charge is -2.01. The number of urea groups is 1. The van der Waals surface area contributed by atoms with Gasteiger partial charge in [0.15, 0.2) is 5.13 Å². The van der Waals surface area contributed by atoms with E-state index in [-0.39, 0.29) is 6.03 Å². The molecule has 0 atom stereocenters. The maximum Gasteiger partial charge on any atom is 0.325 e. The first-order valence-electron chi connectivity index (χ1n) is 5.20. The number of allylic oxidation sites excluding steroid dienone is 1. The third kappa shape index (κ3) is 3.66. The monoisotopic (exact) mass is 239 g/mol. The van der Waals surface area contributed by atoms with Crippen LogP contribution in [0.4, 0.5) is 9.93 Å². The number of nitrogens with one attached hydrogen (secondary N) is 2. The first-order valence-corrected chi connectivity index (χ1v) is 6.01. The summed E-state index contributed by atoms with van der Waals surface area (Å²) in [6, 6.07) is -0.249. The number of amides is 2. The van der Waals surface area contributed by atoms with Crippen molar-refractivity contribution >= 4 is 22.5 Å². The second-order valence-electron chi connectivity index (χ2n) is 3.60.